The molecule has 170 valence electrons. The van der Waals surface area contributed by atoms with Gasteiger partial charge in [0.1, 0.15) is 5.82 Å². The van der Waals surface area contributed by atoms with Crippen molar-refractivity contribution in [3.63, 3.8) is 0 Å². The number of nitrogens with zero attached hydrogens (tertiary/aromatic N) is 2. The second-order valence-electron chi connectivity index (χ2n) is 8.57. The number of urea groups is 1. The van der Waals surface area contributed by atoms with Crippen LogP contribution in [-0.2, 0) is 4.74 Å². The van der Waals surface area contributed by atoms with Crippen LogP contribution in [0.4, 0.5) is 14.9 Å². The summed E-state index contributed by atoms with van der Waals surface area (Å²) in [4.78, 5) is 16.6. The van der Waals surface area contributed by atoms with Gasteiger partial charge >= 0.3 is 6.03 Å². The highest BCUT2D eigenvalue weighted by molar-refractivity contribution is 5.89. The first kappa shape index (κ1) is 24.6. The molecule has 1 aromatic carbocycles. The van der Waals surface area contributed by atoms with Gasteiger partial charge in [0.15, 0.2) is 0 Å². The summed E-state index contributed by atoms with van der Waals surface area (Å²) in [5, 5.41) is 2.84. The Bertz CT molecular complexity index is 603. The molecule has 1 aliphatic rings. The zero-order chi connectivity index (χ0) is 21.8. The minimum Gasteiger partial charge on any atom is -0.378 e. The predicted molar refractivity (Wildman–Crippen MR) is 121 cm³/mol. The quantitative estimate of drug-likeness (QED) is 0.452. The molecular weight excluding hydrogens is 381 g/mol. The monoisotopic (exact) mass is 421 g/mol. The minimum absolute atomic E-state index is 0.144. The maximum absolute atomic E-state index is 13.0. The van der Waals surface area contributed by atoms with Crippen molar-refractivity contribution >= 4 is 11.7 Å². The van der Waals surface area contributed by atoms with Crippen molar-refractivity contribution in [1.29, 1.82) is 0 Å². The van der Waals surface area contributed by atoms with Gasteiger partial charge in [-0.3, -0.25) is 0 Å². The fraction of sp³-hybridized carbons (Fsp3) is 0.708. The van der Waals surface area contributed by atoms with Crippen molar-refractivity contribution in [2.45, 2.75) is 76.9 Å². The molecule has 30 heavy (non-hydrogen) atoms. The smallest absolute Gasteiger partial charge is 0.321 e. The highest BCUT2D eigenvalue weighted by atomic mass is 19.1. The number of nitrogens with one attached hydrogen (secondary N) is 1. The van der Waals surface area contributed by atoms with Gasteiger partial charge < -0.3 is 19.9 Å². The van der Waals surface area contributed by atoms with Gasteiger partial charge in [0, 0.05) is 25.4 Å². The van der Waals surface area contributed by atoms with Gasteiger partial charge in [-0.25, -0.2) is 9.18 Å². The van der Waals surface area contributed by atoms with Gasteiger partial charge in [0.2, 0.25) is 0 Å². The van der Waals surface area contributed by atoms with Gasteiger partial charge in [-0.1, -0.05) is 19.8 Å². The molecule has 1 fully saturated rings. The standard InChI is InChI=1S/C24H40FN3O2/c1-4-5-6-17-27(2)18-7-8-19-30-23-15-13-22(14-16-23)28(3)24(29)26-21-11-9-20(25)10-12-21/h9-12,22-23H,4-8,13-19H2,1-3H3,(H,26,29)/t22-,23-. The Morgan fingerprint density at radius 1 is 1.03 bits per heavy atom. The zero-order valence-corrected chi connectivity index (χ0v) is 19.0. The summed E-state index contributed by atoms with van der Waals surface area (Å²) < 4.78 is 19.1. The Balaban J connectivity index is 1.57. The average Bonchev–Trinajstić information content (AvgIpc) is 2.75. The van der Waals surface area contributed by atoms with E-state index < -0.39 is 0 Å². The van der Waals surface area contributed by atoms with Crippen LogP contribution in [-0.4, -0.2) is 61.8 Å². The van der Waals surface area contributed by atoms with Gasteiger partial charge in [-0.05, 0) is 89.3 Å². The zero-order valence-electron chi connectivity index (χ0n) is 19.0. The molecule has 0 radical (unpaired) electrons. The Labute approximate surface area is 182 Å². The summed E-state index contributed by atoms with van der Waals surface area (Å²) in [6.07, 6.45) is 10.4. The SMILES string of the molecule is CCCCCN(C)CCCCO[C@H]1CC[C@H](N(C)C(=O)Nc2ccc(F)cc2)CC1. The van der Waals surface area contributed by atoms with Crippen LogP contribution in [0.3, 0.4) is 0 Å². The molecular formula is C24H40FN3O2. The maximum Gasteiger partial charge on any atom is 0.321 e. The fourth-order valence-corrected chi connectivity index (χ4v) is 3.99. The number of rotatable bonds is 12. The first-order chi connectivity index (χ1) is 14.5. The maximum atomic E-state index is 13.0. The van der Waals surface area contributed by atoms with Crippen molar-refractivity contribution in [2.24, 2.45) is 0 Å². The third kappa shape index (κ3) is 9.00. The van der Waals surface area contributed by atoms with Crippen LogP contribution in [0.1, 0.15) is 64.7 Å². The highest BCUT2D eigenvalue weighted by Crippen LogP contribution is 2.25. The van der Waals surface area contributed by atoms with E-state index in [-0.39, 0.29) is 17.9 Å². The number of unbranched alkanes of at least 4 members (excludes halogenated alkanes) is 3. The van der Waals surface area contributed by atoms with Crippen molar-refractivity contribution in [1.82, 2.24) is 9.80 Å². The summed E-state index contributed by atoms with van der Waals surface area (Å²) in [6.45, 7) is 5.42. The Hall–Kier alpha value is -1.66. The van der Waals surface area contributed by atoms with Crippen LogP contribution in [0, 0.1) is 5.82 Å². The fourth-order valence-electron chi connectivity index (χ4n) is 3.99. The van der Waals surface area contributed by atoms with Crippen molar-refractivity contribution in [3.05, 3.63) is 30.1 Å². The van der Waals surface area contributed by atoms with E-state index in [1.54, 1.807) is 17.0 Å². The van der Waals surface area contributed by atoms with E-state index in [0.29, 0.717) is 11.8 Å². The number of ether oxygens (including phenoxy) is 1. The molecule has 5 nitrogen and oxygen atoms in total. The molecule has 0 heterocycles. The topological polar surface area (TPSA) is 44.8 Å². The lowest BCUT2D eigenvalue weighted by atomic mass is 9.92. The lowest BCUT2D eigenvalue weighted by Crippen LogP contribution is -2.42. The Morgan fingerprint density at radius 2 is 1.67 bits per heavy atom. The second kappa shape index (κ2) is 13.6. The lowest BCUT2D eigenvalue weighted by Gasteiger charge is -2.34. The largest absolute Gasteiger partial charge is 0.378 e. The van der Waals surface area contributed by atoms with Crippen LogP contribution >= 0.6 is 0 Å². The molecule has 1 aliphatic carbocycles. The normalized spacial score (nSPS) is 19.1. The summed E-state index contributed by atoms with van der Waals surface area (Å²) in [5.74, 6) is -0.307. The van der Waals surface area contributed by atoms with E-state index in [2.05, 4.69) is 24.2 Å². The highest BCUT2D eigenvalue weighted by Gasteiger charge is 2.27. The minimum atomic E-state index is -0.307. The van der Waals surface area contributed by atoms with E-state index in [1.807, 2.05) is 7.05 Å². The number of carbonyl (C=O) groups excluding carboxylic acids is 1. The molecule has 0 saturated heterocycles. The van der Waals surface area contributed by atoms with Crippen LogP contribution in [0.5, 0.6) is 0 Å². The number of carbonyl (C=O) groups is 1. The summed E-state index contributed by atoms with van der Waals surface area (Å²) in [5.41, 5.74) is 0.612. The van der Waals surface area contributed by atoms with Gasteiger partial charge in [-0.15, -0.1) is 0 Å². The summed E-state index contributed by atoms with van der Waals surface area (Å²) >= 11 is 0. The van der Waals surface area contributed by atoms with Gasteiger partial charge in [0.25, 0.3) is 0 Å². The van der Waals surface area contributed by atoms with Gasteiger partial charge in [-0.2, -0.15) is 0 Å². The van der Waals surface area contributed by atoms with Crippen molar-refractivity contribution < 1.29 is 13.9 Å². The number of anilines is 1. The Morgan fingerprint density at radius 3 is 2.30 bits per heavy atom. The van der Waals surface area contributed by atoms with E-state index in [0.717, 1.165) is 45.3 Å². The van der Waals surface area contributed by atoms with Crippen LogP contribution in [0.2, 0.25) is 0 Å². The Kier molecular flexibility index (Phi) is 11.2. The van der Waals surface area contributed by atoms with Crippen molar-refractivity contribution in [3.8, 4) is 0 Å². The molecule has 2 rings (SSSR count). The first-order valence-corrected chi connectivity index (χ1v) is 11.6. The molecule has 0 aromatic heterocycles. The molecule has 0 spiro atoms. The third-order valence-electron chi connectivity index (χ3n) is 6.04. The number of hydrogen-bond acceptors (Lipinski definition) is 3. The number of hydrogen-bond donors (Lipinski definition) is 1. The molecule has 0 unspecified atom stereocenters. The molecule has 2 amide bonds. The number of halogens is 1. The molecule has 1 saturated carbocycles. The predicted octanol–water partition coefficient (Wildman–Crippen LogP) is 5.52. The van der Waals surface area contributed by atoms with Crippen LogP contribution < -0.4 is 5.32 Å². The lowest BCUT2D eigenvalue weighted by molar-refractivity contribution is 0.0126. The molecule has 1 N–H and O–H groups in total. The summed E-state index contributed by atoms with van der Waals surface area (Å²) in [7, 11) is 4.04. The second-order valence-corrected chi connectivity index (χ2v) is 8.57. The van der Waals surface area contributed by atoms with Gasteiger partial charge in [0.05, 0.1) is 6.10 Å². The summed E-state index contributed by atoms with van der Waals surface area (Å²) in [6, 6.07) is 5.94. The van der Waals surface area contributed by atoms with Crippen LogP contribution in [0.25, 0.3) is 0 Å². The molecule has 0 atom stereocenters. The van der Waals surface area contributed by atoms with Crippen LogP contribution in [0.15, 0.2) is 24.3 Å². The van der Waals surface area contributed by atoms with E-state index in [9.17, 15) is 9.18 Å². The van der Waals surface area contributed by atoms with E-state index >= 15 is 0 Å². The molecule has 0 aliphatic heterocycles. The molecule has 0 bridgehead atoms. The van der Waals surface area contributed by atoms with E-state index in [4.69, 9.17) is 4.74 Å². The van der Waals surface area contributed by atoms with E-state index in [1.165, 1.54) is 44.4 Å². The third-order valence-corrected chi connectivity index (χ3v) is 6.04. The average molecular weight is 422 g/mol. The number of benzene rings is 1. The molecule has 1 aromatic rings. The molecule has 6 heteroatoms. The number of amides is 2. The first-order valence-electron chi connectivity index (χ1n) is 11.6. The van der Waals surface area contributed by atoms with Crippen molar-refractivity contribution in [2.75, 3.05) is 39.1 Å².